The zero-order valence-corrected chi connectivity index (χ0v) is 14.5. The van der Waals surface area contributed by atoms with Crippen LogP contribution in [0.4, 0.5) is 11.4 Å². The van der Waals surface area contributed by atoms with Crippen LogP contribution >= 0.6 is 0 Å². The smallest absolute Gasteiger partial charge is 0.294 e. The topological polar surface area (TPSA) is 108 Å². The number of anilines is 1. The number of hydrogen-bond acceptors (Lipinski definition) is 5. The van der Waals surface area contributed by atoms with Gasteiger partial charge in [-0.2, -0.15) is 0 Å². The lowest BCUT2D eigenvalue weighted by molar-refractivity contribution is -0.384. The fraction of sp³-hybridized carbons (Fsp3) is 0. The molecule has 0 spiro atoms. The van der Waals surface area contributed by atoms with E-state index in [0.29, 0.717) is 11.4 Å². The Balaban J connectivity index is 1.56. The van der Waals surface area contributed by atoms with Gasteiger partial charge in [0.15, 0.2) is 0 Å². The van der Waals surface area contributed by atoms with Crippen molar-refractivity contribution in [2.75, 3.05) is 5.32 Å². The number of carbonyl (C=O) groups excluding carboxylic acids is 1. The quantitative estimate of drug-likeness (QED) is 0.426. The summed E-state index contributed by atoms with van der Waals surface area (Å²) in [6.45, 7) is 0. The number of nitrogens with zero attached hydrogens (tertiary/aromatic N) is 5. The average Bonchev–Trinajstić information content (AvgIpc) is 3.42. The first kappa shape index (κ1) is 17.2. The lowest BCUT2D eigenvalue weighted by Crippen LogP contribution is -2.12. The standard InChI is InChI=1S/C19H14N6O3/c26-19(22-15-2-4-16(5-3-15)23-9-7-20-12-23)14-1-6-17(18(11-14)25(27)28)24-10-8-21-13-24/h1-13H,(H,22,26). The second kappa shape index (κ2) is 7.16. The lowest BCUT2D eigenvalue weighted by atomic mass is 10.1. The number of nitro groups is 1. The molecule has 1 N–H and O–H groups in total. The second-order valence-electron chi connectivity index (χ2n) is 5.90. The Hall–Kier alpha value is -4.27. The number of rotatable bonds is 5. The Morgan fingerprint density at radius 3 is 2.25 bits per heavy atom. The third kappa shape index (κ3) is 3.36. The summed E-state index contributed by atoms with van der Waals surface area (Å²) in [4.78, 5) is 31.3. The Labute approximate surface area is 159 Å². The first-order chi connectivity index (χ1) is 13.6. The molecule has 0 unspecified atom stereocenters. The van der Waals surface area contributed by atoms with Gasteiger partial charge in [-0.05, 0) is 36.4 Å². The number of hydrogen-bond donors (Lipinski definition) is 1. The van der Waals surface area contributed by atoms with Crippen molar-refractivity contribution in [1.29, 1.82) is 0 Å². The zero-order chi connectivity index (χ0) is 19.5. The van der Waals surface area contributed by atoms with Gasteiger partial charge in [-0.15, -0.1) is 0 Å². The fourth-order valence-electron chi connectivity index (χ4n) is 2.76. The lowest BCUT2D eigenvalue weighted by Gasteiger charge is -2.09. The van der Waals surface area contributed by atoms with Crippen molar-refractivity contribution in [1.82, 2.24) is 19.1 Å². The minimum atomic E-state index is -0.522. The summed E-state index contributed by atoms with van der Waals surface area (Å²) >= 11 is 0. The minimum Gasteiger partial charge on any atom is -0.322 e. The third-order valence-corrected chi connectivity index (χ3v) is 4.14. The molecule has 0 bridgehead atoms. The molecule has 1 amide bonds. The number of amides is 1. The van der Waals surface area contributed by atoms with Gasteiger partial charge in [0, 0.05) is 47.8 Å². The van der Waals surface area contributed by atoms with Crippen LogP contribution in [0.2, 0.25) is 0 Å². The van der Waals surface area contributed by atoms with Crippen LogP contribution in [0.15, 0.2) is 79.9 Å². The van der Waals surface area contributed by atoms with Gasteiger partial charge < -0.3 is 14.5 Å². The van der Waals surface area contributed by atoms with E-state index in [1.807, 2.05) is 22.9 Å². The second-order valence-corrected chi connectivity index (χ2v) is 5.90. The molecule has 0 aliphatic rings. The molecule has 0 aliphatic carbocycles. The van der Waals surface area contributed by atoms with Crippen LogP contribution in [0.5, 0.6) is 0 Å². The van der Waals surface area contributed by atoms with E-state index in [1.54, 1.807) is 30.9 Å². The number of carbonyl (C=O) groups is 1. The van der Waals surface area contributed by atoms with Crippen LogP contribution in [0.25, 0.3) is 11.4 Å². The van der Waals surface area contributed by atoms with Gasteiger partial charge in [-0.1, -0.05) is 0 Å². The molecule has 0 fully saturated rings. The molecular weight excluding hydrogens is 360 g/mol. The molecular formula is C19H14N6O3. The van der Waals surface area contributed by atoms with Crippen molar-refractivity contribution in [2.24, 2.45) is 0 Å². The summed E-state index contributed by atoms with van der Waals surface area (Å²) in [5, 5.41) is 14.2. The molecule has 2 heterocycles. The number of benzene rings is 2. The van der Waals surface area contributed by atoms with Gasteiger partial charge in [-0.3, -0.25) is 14.9 Å². The molecule has 0 aliphatic heterocycles. The van der Waals surface area contributed by atoms with E-state index in [2.05, 4.69) is 15.3 Å². The summed E-state index contributed by atoms with van der Waals surface area (Å²) < 4.78 is 3.36. The first-order valence-electron chi connectivity index (χ1n) is 8.28. The molecule has 0 saturated carbocycles. The van der Waals surface area contributed by atoms with Gasteiger partial charge in [0.1, 0.15) is 5.69 Å². The van der Waals surface area contributed by atoms with Gasteiger partial charge >= 0.3 is 0 Å². The maximum Gasteiger partial charge on any atom is 0.294 e. The predicted octanol–water partition coefficient (Wildman–Crippen LogP) is 3.22. The number of nitro benzene ring substituents is 1. The van der Waals surface area contributed by atoms with E-state index >= 15 is 0 Å². The van der Waals surface area contributed by atoms with Crippen LogP contribution in [0.1, 0.15) is 10.4 Å². The number of nitrogens with one attached hydrogen (secondary N) is 1. The normalized spacial score (nSPS) is 10.6. The monoisotopic (exact) mass is 374 g/mol. The van der Waals surface area contributed by atoms with Gasteiger partial charge in [0.05, 0.1) is 17.6 Å². The van der Waals surface area contributed by atoms with Crippen molar-refractivity contribution in [3.63, 3.8) is 0 Å². The molecule has 2 aromatic carbocycles. The maximum atomic E-state index is 12.5. The Morgan fingerprint density at radius 1 is 0.964 bits per heavy atom. The van der Waals surface area contributed by atoms with Crippen molar-refractivity contribution < 1.29 is 9.72 Å². The summed E-state index contributed by atoms with van der Waals surface area (Å²) in [5.41, 5.74) is 1.82. The zero-order valence-electron chi connectivity index (χ0n) is 14.5. The highest BCUT2D eigenvalue weighted by Gasteiger charge is 2.19. The summed E-state index contributed by atoms with van der Waals surface area (Å²) in [5.74, 6) is -0.435. The minimum absolute atomic E-state index is 0.180. The summed E-state index contributed by atoms with van der Waals surface area (Å²) in [6.07, 6.45) is 9.75. The molecule has 9 nitrogen and oxygen atoms in total. The van der Waals surface area contributed by atoms with Crippen LogP contribution in [-0.2, 0) is 0 Å². The van der Waals surface area contributed by atoms with Crippen LogP contribution in [-0.4, -0.2) is 29.9 Å². The molecule has 0 radical (unpaired) electrons. The van der Waals surface area contributed by atoms with Crippen LogP contribution in [0, 0.1) is 10.1 Å². The Morgan fingerprint density at radius 2 is 1.64 bits per heavy atom. The largest absolute Gasteiger partial charge is 0.322 e. The first-order valence-corrected chi connectivity index (χ1v) is 8.28. The van der Waals surface area contributed by atoms with E-state index in [0.717, 1.165) is 5.69 Å². The molecule has 9 heteroatoms. The molecule has 4 aromatic rings. The average molecular weight is 374 g/mol. The van der Waals surface area contributed by atoms with E-state index < -0.39 is 10.8 Å². The molecule has 0 saturated heterocycles. The predicted molar refractivity (Wildman–Crippen MR) is 102 cm³/mol. The Kier molecular flexibility index (Phi) is 4.38. The van der Waals surface area contributed by atoms with Gasteiger partial charge in [0.2, 0.25) is 0 Å². The molecule has 138 valence electrons. The van der Waals surface area contributed by atoms with Crippen molar-refractivity contribution in [3.05, 3.63) is 95.6 Å². The van der Waals surface area contributed by atoms with E-state index in [4.69, 9.17) is 0 Å². The highest BCUT2D eigenvalue weighted by molar-refractivity contribution is 6.05. The maximum absolute atomic E-state index is 12.5. The summed E-state index contributed by atoms with van der Waals surface area (Å²) in [7, 11) is 0. The highest BCUT2D eigenvalue weighted by atomic mass is 16.6. The molecule has 28 heavy (non-hydrogen) atoms. The summed E-state index contributed by atoms with van der Waals surface area (Å²) in [6, 6.07) is 11.5. The highest BCUT2D eigenvalue weighted by Crippen LogP contribution is 2.25. The van der Waals surface area contributed by atoms with Crippen molar-refractivity contribution >= 4 is 17.3 Å². The van der Waals surface area contributed by atoms with E-state index in [-0.39, 0.29) is 11.3 Å². The SMILES string of the molecule is O=C(Nc1ccc(-n2ccnc2)cc1)c1ccc(-n2ccnc2)c([N+](=O)[O-])c1. The van der Waals surface area contributed by atoms with Crippen LogP contribution < -0.4 is 5.32 Å². The molecule has 0 atom stereocenters. The molecule has 2 aromatic heterocycles. The van der Waals surface area contributed by atoms with Crippen LogP contribution in [0.3, 0.4) is 0 Å². The molecule has 4 rings (SSSR count). The van der Waals surface area contributed by atoms with E-state index in [9.17, 15) is 14.9 Å². The van der Waals surface area contributed by atoms with Crippen molar-refractivity contribution in [2.45, 2.75) is 0 Å². The van der Waals surface area contributed by atoms with Crippen molar-refractivity contribution in [3.8, 4) is 11.4 Å². The Bertz CT molecular complexity index is 1120. The number of imidazole rings is 2. The van der Waals surface area contributed by atoms with Gasteiger partial charge in [0.25, 0.3) is 11.6 Å². The van der Waals surface area contributed by atoms with Gasteiger partial charge in [-0.25, -0.2) is 9.97 Å². The third-order valence-electron chi connectivity index (χ3n) is 4.14. The fourth-order valence-corrected chi connectivity index (χ4v) is 2.76. The number of aromatic nitrogens is 4. The van der Waals surface area contributed by atoms with E-state index in [1.165, 1.54) is 35.3 Å².